The van der Waals surface area contributed by atoms with Crippen LogP contribution in [0.3, 0.4) is 0 Å². The third kappa shape index (κ3) is 3.21. The van der Waals surface area contributed by atoms with Gasteiger partial charge in [0.25, 0.3) is 11.5 Å². The van der Waals surface area contributed by atoms with Crippen LogP contribution in [0.15, 0.2) is 39.4 Å². The molecule has 0 fully saturated rings. The number of thiazole rings is 1. The molecule has 0 aromatic carbocycles. The van der Waals surface area contributed by atoms with Crippen molar-refractivity contribution in [1.82, 2.24) is 19.7 Å². The first-order chi connectivity index (χ1) is 11.0. The van der Waals surface area contributed by atoms with Crippen molar-refractivity contribution < 1.29 is 4.79 Å². The molecule has 23 heavy (non-hydrogen) atoms. The van der Waals surface area contributed by atoms with Gasteiger partial charge in [-0.2, -0.15) is 0 Å². The minimum atomic E-state index is -0.276. The van der Waals surface area contributed by atoms with Gasteiger partial charge in [-0.25, -0.2) is 4.98 Å². The zero-order valence-corrected chi connectivity index (χ0v) is 13.1. The summed E-state index contributed by atoms with van der Waals surface area (Å²) in [7, 11) is 0. The Kier molecular flexibility index (Phi) is 4.07. The Bertz CT molecular complexity index is 966. The number of hydrogen-bond acceptors (Lipinski definition) is 5. The second-order valence-electron chi connectivity index (χ2n) is 5.03. The second kappa shape index (κ2) is 6.17. The molecule has 0 saturated heterocycles. The van der Waals surface area contributed by atoms with E-state index in [4.69, 9.17) is 0 Å². The number of carbonyl (C=O) groups is 1. The highest BCUT2D eigenvalue weighted by Crippen LogP contribution is 2.12. The lowest BCUT2D eigenvalue weighted by Gasteiger charge is -2.05. The van der Waals surface area contributed by atoms with Crippen LogP contribution in [0.25, 0.3) is 4.96 Å². The fraction of sp³-hybridized carbons (Fsp3) is 0.200. The molecule has 0 saturated carbocycles. The Morgan fingerprint density at radius 2 is 2.22 bits per heavy atom. The third-order valence-electron chi connectivity index (χ3n) is 3.32. The Hall–Kier alpha value is -2.74. The van der Waals surface area contributed by atoms with Gasteiger partial charge >= 0.3 is 0 Å². The van der Waals surface area contributed by atoms with Crippen LogP contribution in [-0.2, 0) is 6.42 Å². The van der Waals surface area contributed by atoms with Gasteiger partial charge in [0, 0.05) is 48.1 Å². The quantitative estimate of drug-likeness (QED) is 0.737. The Balaban J connectivity index is 1.69. The summed E-state index contributed by atoms with van der Waals surface area (Å²) in [4.78, 5) is 42.4. The van der Waals surface area contributed by atoms with Gasteiger partial charge in [0.2, 0.25) is 5.56 Å². The summed E-state index contributed by atoms with van der Waals surface area (Å²) in [6.07, 6.45) is 1.88. The molecule has 3 aromatic heterocycles. The van der Waals surface area contributed by atoms with Gasteiger partial charge in [0.15, 0.2) is 4.96 Å². The largest absolute Gasteiger partial charge is 0.352 e. The average Bonchev–Trinajstić information content (AvgIpc) is 2.91. The highest BCUT2D eigenvalue weighted by molar-refractivity contribution is 7.15. The lowest BCUT2D eigenvalue weighted by Crippen LogP contribution is -2.27. The van der Waals surface area contributed by atoms with E-state index in [1.807, 2.05) is 5.38 Å². The summed E-state index contributed by atoms with van der Waals surface area (Å²) in [5, 5.41) is 4.63. The first kappa shape index (κ1) is 15.2. The molecule has 8 heteroatoms. The predicted molar refractivity (Wildman–Crippen MR) is 87.2 cm³/mol. The minimum absolute atomic E-state index is 0.115. The number of amides is 1. The summed E-state index contributed by atoms with van der Waals surface area (Å²) >= 11 is 1.40. The van der Waals surface area contributed by atoms with Gasteiger partial charge < -0.3 is 10.3 Å². The second-order valence-corrected chi connectivity index (χ2v) is 5.86. The number of aromatic nitrogens is 3. The van der Waals surface area contributed by atoms with Gasteiger partial charge in [0.1, 0.15) is 0 Å². The fourth-order valence-corrected chi connectivity index (χ4v) is 3.19. The van der Waals surface area contributed by atoms with E-state index in [1.165, 1.54) is 35.7 Å². The number of fused-ring (bicyclic) bond motifs is 1. The molecule has 0 radical (unpaired) electrons. The third-order valence-corrected chi connectivity index (χ3v) is 4.19. The Morgan fingerprint density at radius 3 is 2.96 bits per heavy atom. The summed E-state index contributed by atoms with van der Waals surface area (Å²) < 4.78 is 1.56. The van der Waals surface area contributed by atoms with Crippen molar-refractivity contribution in [2.45, 2.75) is 13.3 Å². The molecule has 0 unspecified atom stereocenters. The topological polar surface area (TPSA) is 96.3 Å². The maximum Gasteiger partial charge on any atom is 0.258 e. The number of rotatable bonds is 4. The first-order valence-electron chi connectivity index (χ1n) is 6.98. The van der Waals surface area contributed by atoms with E-state index in [0.717, 1.165) is 5.69 Å². The molecule has 0 aliphatic carbocycles. The molecule has 0 aliphatic rings. The zero-order chi connectivity index (χ0) is 16.4. The van der Waals surface area contributed by atoms with Crippen molar-refractivity contribution in [3.63, 3.8) is 0 Å². The predicted octanol–water partition coefficient (Wildman–Crippen LogP) is 0.725. The van der Waals surface area contributed by atoms with E-state index in [1.54, 1.807) is 11.3 Å². The van der Waals surface area contributed by atoms with E-state index in [2.05, 4.69) is 15.3 Å². The number of pyridine rings is 1. The van der Waals surface area contributed by atoms with Gasteiger partial charge in [-0.05, 0) is 13.0 Å². The van der Waals surface area contributed by atoms with Gasteiger partial charge in [-0.3, -0.25) is 18.8 Å². The highest BCUT2D eigenvalue weighted by Gasteiger charge is 2.09. The molecule has 0 bridgehead atoms. The molecule has 0 atom stereocenters. The van der Waals surface area contributed by atoms with Crippen LogP contribution in [0.2, 0.25) is 0 Å². The van der Waals surface area contributed by atoms with Crippen LogP contribution in [0.5, 0.6) is 0 Å². The maximum absolute atomic E-state index is 12.0. The molecule has 3 rings (SSSR count). The number of hydrogen-bond donors (Lipinski definition) is 2. The maximum atomic E-state index is 12.0. The number of nitrogens with one attached hydrogen (secondary N) is 2. The molecule has 0 aliphatic heterocycles. The van der Waals surface area contributed by atoms with Crippen molar-refractivity contribution in [3.05, 3.63) is 67.4 Å². The van der Waals surface area contributed by atoms with E-state index < -0.39 is 0 Å². The van der Waals surface area contributed by atoms with Gasteiger partial charge in [-0.1, -0.05) is 0 Å². The van der Waals surface area contributed by atoms with Crippen molar-refractivity contribution in [2.24, 2.45) is 0 Å². The normalized spacial score (nSPS) is 10.8. The molecular formula is C15H14N4O3S. The first-order valence-corrected chi connectivity index (χ1v) is 7.86. The monoisotopic (exact) mass is 330 g/mol. The minimum Gasteiger partial charge on any atom is -0.352 e. The van der Waals surface area contributed by atoms with E-state index in [-0.39, 0.29) is 17.0 Å². The lowest BCUT2D eigenvalue weighted by molar-refractivity contribution is 0.0953. The van der Waals surface area contributed by atoms with Crippen LogP contribution in [0.1, 0.15) is 21.7 Å². The van der Waals surface area contributed by atoms with Crippen LogP contribution in [0.4, 0.5) is 0 Å². The van der Waals surface area contributed by atoms with E-state index >= 15 is 0 Å². The SMILES string of the molecule is Cc1cc(=O)n2c(CCNC(=O)c3ccc(=O)[nH]c3)csc2n1. The summed E-state index contributed by atoms with van der Waals surface area (Å²) in [5.41, 5.74) is 1.51. The highest BCUT2D eigenvalue weighted by atomic mass is 32.1. The van der Waals surface area contributed by atoms with E-state index in [9.17, 15) is 14.4 Å². The fourth-order valence-electron chi connectivity index (χ4n) is 2.22. The van der Waals surface area contributed by atoms with E-state index in [0.29, 0.717) is 29.2 Å². The number of aryl methyl sites for hydroxylation is 1. The smallest absolute Gasteiger partial charge is 0.258 e. The van der Waals surface area contributed by atoms with Crippen molar-refractivity contribution in [2.75, 3.05) is 6.54 Å². The zero-order valence-electron chi connectivity index (χ0n) is 12.3. The Morgan fingerprint density at radius 1 is 1.39 bits per heavy atom. The van der Waals surface area contributed by atoms with Crippen LogP contribution < -0.4 is 16.4 Å². The summed E-state index contributed by atoms with van der Waals surface area (Å²) in [5.74, 6) is -0.276. The van der Waals surface area contributed by atoms with Crippen LogP contribution in [-0.4, -0.2) is 26.8 Å². The summed E-state index contributed by atoms with van der Waals surface area (Å²) in [6, 6.07) is 4.25. The molecule has 3 heterocycles. The molecule has 1 amide bonds. The van der Waals surface area contributed by atoms with Crippen LogP contribution in [0, 0.1) is 6.92 Å². The molecule has 3 aromatic rings. The average molecular weight is 330 g/mol. The molecule has 0 spiro atoms. The van der Waals surface area contributed by atoms with Crippen LogP contribution >= 0.6 is 11.3 Å². The standard InChI is InChI=1S/C15H14N4O3S/c1-9-6-13(21)19-11(8-23-15(19)18-9)4-5-16-14(22)10-2-3-12(20)17-7-10/h2-3,6-8H,4-5H2,1H3,(H,16,22)(H,17,20). The number of carbonyl (C=O) groups excluding carboxylic acids is 1. The number of nitrogens with zero attached hydrogens (tertiary/aromatic N) is 2. The number of H-pyrrole nitrogens is 1. The lowest BCUT2D eigenvalue weighted by atomic mass is 10.2. The van der Waals surface area contributed by atoms with Gasteiger partial charge in [0.05, 0.1) is 5.56 Å². The molecular weight excluding hydrogens is 316 g/mol. The molecule has 7 nitrogen and oxygen atoms in total. The molecule has 118 valence electrons. The Labute approximate surface area is 134 Å². The van der Waals surface area contributed by atoms with Crippen molar-refractivity contribution in [3.8, 4) is 0 Å². The van der Waals surface area contributed by atoms with Crippen molar-refractivity contribution >= 4 is 22.2 Å². The number of aromatic amines is 1. The van der Waals surface area contributed by atoms with Crippen molar-refractivity contribution in [1.29, 1.82) is 0 Å². The van der Waals surface area contributed by atoms with Gasteiger partial charge in [-0.15, -0.1) is 11.3 Å². The summed E-state index contributed by atoms with van der Waals surface area (Å²) in [6.45, 7) is 2.16. The molecule has 2 N–H and O–H groups in total.